The largest absolute Gasteiger partial charge is 0.494 e. The Hall–Kier alpha value is -1.75. The minimum atomic E-state index is -0.478. The Balaban J connectivity index is 2.81. The molecule has 0 aliphatic carbocycles. The third-order valence-corrected chi connectivity index (χ3v) is 2.70. The molecule has 0 spiro atoms. The first-order chi connectivity index (χ1) is 7.52. The summed E-state index contributed by atoms with van der Waals surface area (Å²) in [4.78, 5) is 16.0. The Morgan fingerprint density at radius 1 is 1.50 bits per heavy atom. The number of pyridine rings is 1. The lowest BCUT2D eigenvalue weighted by Crippen LogP contribution is -2.17. The number of aryl methyl sites for hydroxylation is 2. The second-order valence-corrected chi connectivity index (χ2v) is 3.85. The van der Waals surface area contributed by atoms with Crippen molar-refractivity contribution >= 4 is 11.8 Å². The Morgan fingerprint density at radius 3 is 2.75 bits per heavy atom. The number of hydrogen-bond acceptors (Lipinski definition) is 3. The van der Waals surface area contributed by atoms with E-state index in [-0.39, 0.29) is 5.88 Å². The number of hydrogen-bond donors (Lipinski definition) is 1. The zero-order valence-corrected chi connectivity index (χ0v) is 9.56. The molecule has 2 heterocycles. The summed E-state index contributed by atoms with van der Waals surface area (Å²) in [7, 11) is 1.78. The van der Waals surface area contributed by atoms with Crippen LogP contribution in [0.15, 0.2) is 23.3 Å². The lowest BCUT2D eigenvalue weighted by atomic mass is 10.1. The van der Waals surface area contributed by atoms with Crippen molar-refractivity contribution in [1.82, 2.24) is 13.6 Å². The summed E-state index contributed by atoms with van der Waals surface area (Å²) in [6.45, 7) is 1.72. The van der Waals surface area contributed by atoms with Crippen LogP contribution in [0.4, 0.5) is 0 Å². The molecule has 6 heteroatoms. The monoisotopic (exact) mass is 239 g/mol. The fourth-order valence-electron chi connectivity index (χ4n) is 1.57. The highest BCUT2D eigenvalue weighted by Gasteiger charge is 2.15. The second-order valence-electron chi connectivity index (χ2n) is 3.51. The number of nitrogens with zero attached hydrogens (tertiary/aromatic N) is 3. The number of aromatic hydroxyl groups is 1. The summed E-state index contributed by atoms with van der Waals surface area (Å²) in [6, 6.07) is 1.43. The van der Waals surface area contributed by atoms with E-state index in [1.54, 1.807) is 30.9 Å². The predicted molar refractivity (Wildman–Crippen MR) is 60.6 cm³/mol. The van der Waals surface area contributed by atoms with E-state index in [4.69, 9.17) is 11.8 Å². The summed E-state index contributed by atoms with van der Waals surface area (Å²) >= 11 is 5.64. The molecule has 5 nitrogen and oxygen atoms in total. The molecular weight excluding hydrogens is 230 g/mol. The van der Waals surface area contributed by atoms with Crippen molar-refractivity contribution in [3.8, 4) is 17.3 Å². The topological polar surface area (TPSA) is 60.1 Å². The smallest absolute Gasteiger partial charge is 0.279 e. The van der Waals surface area contributed by atoms with Gasteiger partial charge < -0.3 is 9.67 Å². The van der Waals surface area contributed by atoms with E-state index < -0.39 is 5.56 Å². The first kappa shape index (κ1) is 10.8. The molecular formula is C10H10ClN3O2. The first-order valence-electron chi connectivity index (χ1n) is 4.62. The normalized spacial score (nSPS) is 10.7. The van der Waals surface area contributed by atoms with Gasteiger partial charge in [0.1, 0.15) is 5.82 Å². The summed E-state index contributed by atoms with van der Waals surface area (Å²) in [6.07, 6.45) is 3.33. The van der Waals surface area contributed by atoms with Crippen molar-refractivity contribution in [3.63, 3.8) is 0 Å². The van der Waals surface area contributed by atoms with Crippen LogP contribution in [-0.2, 0) is 7.05 Å². The summed E-state index contributed by atoms with van der Waals surface area (Å²) in [5.74, 6) is 0.249. The molecule has 0 amide bonds. The molecule has 2 aromatic rings. The van der Waals surface area contributed by atoms with E-state index >= 15 is 0 Å². The summed E-state index contributed by atoms with van der Waals surface area (Å²) in [5.41, 5.74) is 0.544. The van der Waals surface area contributed by atoms with Crippen LogP contribution in [0, 0.1) is 6.92 Å². The fourth-order valence-corrected chi connectivity index (χ4v) is 1.71. The lowest BCUT2D eigenvalue weighted by molar-refractivity contribution is 0.443. The van der Waals surface area contributed by atoms with Crippen LogP contribution in [0.25, 0.3) is 11.4 Å². The standard InChI is InChI=1S/C10H10ClN3O2/c1-6-5-7(15)14(11)10(16)8(6)9-12-3-4-13(9)2/h3-5,15H,1-2H3. The molecule has 0 aromatic carbocycles. The lowest BCUT2D eigenvalue weighted by Gasteiger charge is -2.07. The van der Waals surface area contributed by atoms with Gasteiger partial charge in [-0.1, -0.05) is 0 Å². The van der Waals surface area contributed by atoms with Crippen LogP contribution in [0.5, 0.6) is 5.88 Å². The van der Waals surface area contributed by atoms with Crippen molar-refractivity contribution in [3.05, 3.63) is 34.4 Å². The predicted octanol–water partition coefficient (Wildman–Crippen LogP) is 1.26. The molecule has 84 valence electrons. The van der Waals surface area contributed by atoms with Crippen LogP contribution in [0.1, 0.15) is 5.56 Å². The van der Waals surface area contributed by atoms with Crippen molar-refractivity contribution in [1.29, 1.82) is 0 Å². The van der Waals surface area contributed by atoms with Gasteiger partial charge in [0, 0.05) is 37.3 Å². The van der Waals surface area contributed by atoms with Gasteiger partial charge in [-0.25, -0.2) is 4.98 Å². The molecule has 0 saturated heterocycles. The van der Waals surface area contributed by atoms with E-state index in [1.807, 2.05) is 0 Å². The second kappa shape index (κ2) is 3.68. The molecule has 0 atom stereocenters. The fraction of sp³-hybridized carbons (Fsp3) is 0.200. The zero-order chi connectivity index (χ0) is 11.9. The molecule has 0 unspecified atom stereocenters. The third-order valence-electron chi connectivity index (χ3n) is 2.38. The van der Waals surface area contributed by atoms with Crippen LogP contribution in [0.2, 0.25) is 0 Å². The van der Waals surface area contributed by atoms with Gasteiger partial charge in [-0.15, -0.1) is 0 Å². The Bertz CT molecular complexity index is 601. The maximum absolute atomic E-state index is 11.9. The third kappa shape index (κ3) is 1.49. The van der Waals surface area contributed by atoms with Crippen molar-refractivity contribution in [2.45, 2.75) is 6.92 Å². The summed E-state index contributed by atoms with van der Waals surface area (Å²) in [5, 5.41) is 9.38. The van der Waals surface area contributed by atoms with Crippen molar-refractivity contribution < 1.29 is 5.11 Å². The molecule has 0 radical (unpaired) electrons. The highest BCUT2D eigenvalue weighted by atomic mass is 35.5. The van der Waals surface area contributed by atoms with Crippen LogP contribution < -0.4 is 5.56 Å². The highest BCUT2D eigenvalue weighted by Crippen LogP contribution is 2.21. The molecule has 2 aromatic heterocycles. The van der Waals surface area contributed by atoms with Gasteiger partial charge in [0.15, 0.2) is 0 Å². The van der Waals surface area contributed by atoms with E-state index in [2.05, 4.69) is 4.98 Å². The van der Waals surface area contributed by atoms with Gasteiger partial charge in [0.05, 0.1) is 5.56 Å². The minimum absolute atomic E-state index is 0.276. The van der Waals surface area contributed by atoms with E-state index in [9.17, 15) is 9.90 Å². The number of halogens is 1. The molecule has 0 saturated carbocycles. The average Bonchev–Trinajstić information content (AvgIpc) is 2.62. The van der Waals surface area contributed by atoms with Crippen LogP contribution >= 0.6 is 11.8 Å². The number of aromatic nitrogens is 3. The minimum Gasteiger partial charge on any atom is -0.494 e. The van der Waals surface area contributed by atoms with Crippen LogP contribution in [-0.4, -0.2) is 18.7 Å². The van der Waals surface area contributed by atoms with Gasteiger partial charge in [-0.2, -0.15) is 4.09 Å². The molecule has 1 N–H and O–H groups in total. The van der Waals surface area contributed by atoms with Gasteiger partial charge in [0.25, 0.3) is 5.56 Å². The SMILES string of the molecule is Cc1cc(O)n(Cl)c(=O)c1-c1nccn1C. The van der Waals surface area contributed by atoms with Crippen LogP contribution in [0.3, 0.4) is 0 Å². The van der Waals surface area contributed by atoms with Gasteiger partial charge in [-0.05, 0) is 12.5 Å². The van der Waals surface area contributed by atoms with E-state index in [0.717, 1.165) is 0 Å². The molecule has 0 bridgehead atoms. The quantitative estimate of drug-likeness (QED) is 0.815. The van der Waals surface area contributed by atoms with Gasteiger partial charge in [0.2, 0.25) is 5.88 Å². The first-order valence-corrected chi connectivity index (χ1v) is 4.95. The maximum atomic E-state index is 11.9. The highest BCUT2D eigenvalue weighted by molar-refractivity contribution is 6.16. The van der Waals surface area contributed by atoms with E-state index in [0.29, 0.717) is 21.0 Å². The van der Waals surface area contributed by atoms with E-state index in [1.165, 1.54) is 6.07 Å². The zero-order valence-electron chi connectivity index (χ0n) is 8.81. The molecule has 16 heavy (non-hydrogen) atoms. The maximum Gasteiger partial charge on any atom is 0.279 e. The van der Waals surface area contributed by atoms with Gasteiger partial charge >= 0.3 is 0 Å². The Kier molecular flexibility index (Phi) is 2.47. The molecule has 0 aliphatic heterocycles. The molecule has 0 fully saturated rings. The molecule has 2 rings (SSSR count). The molecule has 0 aliphatic rings. The number of rotatable bonds is 1. The summed E-state index contributed by atoms with van der Waals surface area (Å²) < 4.78 is 2.40. The van der Waals surface area contributed by atoms with Crippen molar-refractivity contribution in [2.24, 2.45) is 7.05 Å². The van der Waals surface area contributed by atoms with Gasteiger partial charge in [-0.3, -0.25) is 4.79 Å². The van der Waals surface area contributed by atoms with Crippen molar-refractivity contribution in [2.75, 3.05) is 0 Å². The Morgan fingerprint density at radius 2 is 2.19 bits per heavy atom. The Labute approximate surface area is 96.7 Å². The number of imidazole rings is 1. The average molecular weight is 240 g/mol.